The van der Waals surface area contributed by atoms with Crippen molar-refractivity contribution in [2.24, 2.45) is 0 Å². The second-order valence-corrected chi connectivity index (χ2v) is 7.34. The van der Waals surface area contributed by atoms with Crippen LogP contribution in [-0.2, 0) is 9.84 Å². The summed E-state index contributed by atoms with van der Waals surface area (Å²) in [6.45, 7) is 3.67. The number of benzene rings is 1. The summed E-state index contributed by atoms with van der Waals surface area (Å²) in [7, 11) is -3.44. The summed E-state index contributed by atoms with van der Waals surface area (Å²) in [6, 6.07) is 2.66. The van der Waals surface area contributed by atoms with Crippen molar-refractivity contribution in [2.75, 3.05) is 5.75 Å². The van der Waals surface area contributed by atoms with Crippen LogP contribution in [0.1, 0.15) is 42.1 Å². The number of carbonyl (C=O) groups is 1. The van der Waals surface area contributed by atoms with Gasteiger partial charge in [0.25, 0.3) is 0 Å². The highest BCUT2D eigenvalue weighted by Gasteiger charge is 2.20. The maximum atomic E-state index is 12.2. The predicted octanol–water partition coefficient (Wildman–Crippen LogP) is 3.42. The fourth-order valence-electron chi connectivity index (χ4n) is 1.75. The lowest BCUT2D eigenvalue weighted by molar-refractivity contribution is 0.0696. The molecule has 0 radical (unpaired) electrons. The van der Waals surface area contributed by atoms with Gasteiger partial charge in [-0.25, -0.2) is 13.2 Å². The first-order valence-corrected chi connectivity index (χ1v) is 8.50. The molecule has 0 aliphatic rings. The highest BCUT2D eigenvalue weighted by molar-refractivity contribution is 9.10. The third-order valence-electron chi connectivity index (χ3n) is 2.90. The zero-order chi connectivity index (χ0) is 14.6. The number of unbranched alkanes of at least 4 members (excludes halogenated alkanes) is 2. The number of halogens is 1. The standard InChI is InChI=1S/C13H17BrO4S/c1-3-4-5-6-19(17,18)12-8-10(13(15)16)7-11(14)9(12)2/h7-8H,3-6H2,1-2H3,(H,15,16). The normalized spacial score (nSPS) is 11.5. The summed E-state index contributed by atoms with van der Waals surface area (Å²) >= 11 is 3.21. The molecular weight excluding hydrogens is 332 g/mol. The summed E-state index contributed by atoms with van der Waals surface area (Å²) in [5.74, 6) is -1.08. The van der Waals surface area contributed by atoms with E-state index in [0.29, 0.717) is 16.5 Å². The van der Waals surface area contributed by atoms with Crippen molar-refractivity contribution in [3.8, 4) is 0 Å². The van der Waals surface area contributed by atoms with Crippen LogP contribution in [0, 0.1) is 6.92 Å². The van der Waals surface area contributed by atoms with Gasteiger partial charge in [-0.1, -0.05) is 35.7 Å². The van der Waals surface area contributed by atoms with Crippen molar-refractivity contribution in [1.29, 1.82) is 0 Å². The van der Waals surface area contributed by atoms with E-state index < -0.39 is 15.8 Å². The number of hydrogen-bond acceptors (Lipinski definition) is 3. The van der Waals surface area contributed by atoms with E-state index in [4.69, 9.17) is 5.11 Å². The van der Waals surface area contributed by atoms with Gasteiger partial charge in [-0.2, -0.15) is 0 Å². The van der Waals surface area contributed by atoms with Crippen molar-refractivity contribution < 1.29 is 18.3 Å². The zero-order valence-corrected chi connectivity index (χ0v) is 13.3. The van der Waals surface area contributed by atoms with E-state index in [0.717, 1.165) is 12.8 Å². The first kappa shape index (κ1) is 16.2. The third kappa shape index (κ3) is 4.04. The van der Waals surface area contributed by atoms with Crippen LogP contribution in [-0.4, -0.2) is 25.2 Å². The van der Waals surface area contributed by atoms with Crippen molar-refractivity contribution >= 4 is 31.7 Å². The zero-order valence-electron chi connectivity index (χ0n) is 10.9. The third-order valence-corrected chi connectivity index (χ3v) is 5.64. The molecule has 0 unspecified atom stereocenters. The van der Waals surface area contributed by atoms with Crippen LogP contribution in [0.3, 0.4) is 0 Å². The van der Waals surface area contributed by atoms with Gasteiger partial charge >= 0.3 is 5.97 Å². The largest absolute Gasteiger partial charge is 0.478 e. The SMILES string of the molecule is CCCCCS(=O)(=O)c1cc(C(=O)O)cc(Br)c1C. The Morgan fingerprint density at radius 3 is 2.47 bits per heavy atom. The van der Waals surface area contributed by atoms with Gasteiger partial charge in [0.15, 0.2) is 9.84 Å². The van der Waals surface area contributed by atoms with E-state index in [1.807, 2.05) is 6.92 Å². The molecule has 0 aliphatic heterocycles. The predicted molar refractivity (Wildman–Crippen MR) is 77.4 cm³/mol. The maximum absolute atomic E-state index is 12.2. The van der Waals surface area contributed by atoms with Crippen molar-refractivity contribution in [3.63, 3.8) is 0 Å². The Morgan fingerprint density at radius 2 is 1.95 bits per heavy atom. The first-order chi connectivity index (χ1) is 8.79. The Balaban J connectivity index is 3.21. The minimum absolute atomic E-state index is 0.0217. The molecule has 0 bridgehead atoms. The molecule has 0 atom stereocenters. The molecule has 6 heteroatoms. The highest BCUT2D eigenvalue weighted by Crippen LogP contribution is 2.27. The number of sulfone groups is 1. The second-order valence-electron chi connectivity index (χ2n) is 4.41. The van der Waals surface area contributed by atoms with Gasteiger partial charge < -0.3 is 5.11 Å². The van der Waals surface area contributed by atoms with Crippen LogP contribution >= 0.6 is 15.9 Å². The van der Waals surface area contributed by atoms with Crippen LogP contribution in [0.5, 0.6) is 0 Å². The number of carboxylic acids is 1. The van der Waals surface area contributed by atoms with E-state index >= 15 is 0 Å². The molecule has 1 aromatic rings. The molecule has 1 N–H and O–H groups in total. The Kier molecular flexibility index (Phi) is 5.55. The Labute approximate surface area is 121 Å². The Bertz CT molecular complexity index is 579. The van der Waals surface area contributed by atoms with Crippen LogP contribution in [0.4, 0.5) is 0 Å². The molecule has 1 aromatic carbocycles. The fourth-order valence-corrected chi connectivity index (χ4v) is 4.03. The molecule has 0 heterocycles. The molecule has 0 amide bonds. The minimum Gasteiger partial charge on any atom is -0.478 e. The molecule has 106 valence electrons. The number of hydrogen-bond donors (Lipinski definition) is 1. The quantitative estimate of drug-likeness (QED) is 0.799. The molecule has 0 spiro atoms. The van der Waals surface area contributed by atoms with Gasteiger partial charge in [-0.05, 0) is 31.0 Å². The van der Waals surface area contributed by atoms with Gasteiger partial charge in [-0.15, -0.1) is 0 Å². The van der Waals surface area contributed by atoms with Crippen LogP contribution in [0.15, 0.2) is 21.5 Å². The summed E-state index contributed by atoms with van der Waals surface area (Å²) < 4.78 is 25.0. The van der Waals surface area contributed by atoms with Gasteiger partial charge in [0.2, 0.25) is 0 Å². The Hall–Kier alpha value is -0.880. The molecule has 1 rings (SSSR count). The average molecular weight is 349 g/mol. The molecular formula is C13H17BrO4S. The van der Waals surface area contributed by atoms with E-state index in [2.05, 4.69) is 15.9 Å². The fraction of sp³-hybridized carbons (Fsp3) is 0.462. The lowest BCUT2D eigenvalue weighted by atomic mass is 10.1. The summed E-state index contributed by atoms with van der Waals surface area (Å²) in [6.07, 6.45) is 2.37. The van der Waals surface area contributed by atoms with E-state index in [1.54, 1.807) is 6.92 Å². The number of carboxylic acid groups (broad SMARTS) is 1. The van der Waals surface area contributed by atoms with Gasteiger partial charge in [0.05, 0.1) is 16.2 Å². The first-order valence-electron chi connectivity index (χ1n) is 6.05. The Morgan fingerprint density at radius 1 is 1.32 bits per heavy atom. The molecule has 0 fully saturated rings. The summed E-state index contributed by atoms with van der Waals surface area (Å²) in [5, 5.41) is 8.99. The van der Waals surface area contributed by atoms with Crippen molar-refractivity contribution in [2.45, 2.75) is 38.0 Å². The van der Waals surface area contributed by atoms with E-state index in [1.165, 1.54) is 12.1 Å². The van der Waals surface area contributed by atoms with E-state index in [-0.39, 0.29) is 16.2 Å². The number of aromatic carboxylic acids is 1. The lowest BCUT2D eigenvalue weighted by Gasteiger charge is -2.10. The van der Waals surface area contributed by atoms with Crippen LogP contribution in [0.25, 0.3) is 0 Å². The summed E-state index contributed by atoms with van der Waals surface area (Å²) in [4.78, 5) is 11.1. The second kappa shape index (κ2) is 6.52. The van der Waals surface area contributed by atoms with Crippen molar-refractivity contribution in [1.82, 2.24) is 0 Å². The monoisotopic (exact) mass is 348 g/mol. The molecule has 0 aromatic heterocycles. The molecule has 4 nitrogen and oxygen atoms in total. The van der Waals surface area contributed by atoms with Crippen LogP contribution < -0.4 is 0 Å². The molecule has 0 saturated heterocycles. The highest BCUT2D eigenvalue weighted by atomic mass is 79.9. The molecule has 0 saturated carbocycles. The average Bonchev–Trinajstić information content (AvgIpc) is 2.32. The van der Waals surface area contributed by atoms with Crippen molar-refractivity contribution in [3.05, 3.63) is 27.7 Å². The smallest absolute Gasteiger partial charge is 0.335 e. The van der Waals surface area contributed by atoms with Crippen LogP contribution in [0.2, 0.25) is 0 Å². The maximum Gasteiger partial charge on any atom is 0.335 e. The van der Waals surface area contributed by atoms with Gasteiger partial charge in [0, 0.05) is 4.47 Å². The topological polar surface area (TPSA) is 71.4 Å². The van der Waals surface area contributed by atoms with Gasteiger partial charge in [-0.3, -0.25) is 0 Å². The van der Waals surface area contributed by atoms with E-state index in [9.17, 15) is 13.2 Å². The molecule has 0 aliphatic carbocycles. The summed E-state index contributed by atoms with van der Waals surface area (Å²) in [5.41, 5.74) is 0.535. The van der Waals surface area contributed by atoms with Gasteiger partial charge in [0.1, 0.15) is 0 Å². The molecule has 19 heavy (non-hydrogen) atoms. The number of rotatable bonds is 6. The lowest BCUT2D eigenvalue weighted by Crippen LogP contribution is -2.11. The minimum atomic E-state index is -3.44.